The van der Waals surface area contributed by atoms with E-state index in [9.17, 15) is 0 Å². The molecule has 0 atom stereocenters. The Morgan fingerprint density at radius 2 is 0.518 bits per heavy atom. The standard InChI is InChI=1S/C42H34N4O4.C15H16O2.C14H6Br2N2/c1-47-35-13-5-29(6-14-35)45(30-7-15-36(48-2)16-8-30)33-21-27-25-44-40-24-34(22-28-26-43-39(23-33)41(27)42(28)40)46(31-9-17-37(49-3)18-10-31)32-11-19-38(50-4)20-12-32;1-16-14-7-3-12(4-8-14)11-13-5-9-15(17-2)10-6-13;15-9-1-7-5-17-12-4-10(16)2-8-6-18-11(3-9)13(7)14(8)12/h5-26H,1-4H3;3-10H,11H2,1-2H3;1-6H. The number of aromatic nitrogens is 4. The molecule has 14 aromatic rings. The summed E-state index contributed by atoms with van der Waals surface area (Å²) < 4.78 is 34.1. The second kappa shape index (κ2) is 24.6. The maximum absolute atomic E-state index is 5.45. The fourth-order valence-corrected chi connectivity index (χ4v) is 11.7. The molecule has 85 heavy (non-hydrogen) atoms. The minimum Gasteiger partial charge on any atom is -0.497 e. The maximum atomic E-state index is 5.45. The van der Waals surface area contributed by atoms with Crippen molar-refractivity contribution in [2.75, 3.05) is 52.5 Å². The number of hydrogen-bond donors (Lipinski definition) is 0. The van der Waals surface area contributed by atoms with Gasteiger partial charge in [-0.05, 0) is 187 Å². The summed E-state index contributed by atoms with van der Waals surface area (Å²) in [5, 5.41) is 8.77. The third-order valence-corrected chi connectivity index (χ3v) is 15.8. The molecule has 0 aliphatic heterocycles. The SMILES string of the molecule is Brc1cc2cnc3cc(Br)cc4cnc(c1)c2c43.COc1ccc(Cc2ccc(OC)cc2)cc1.COc1ccc(N(c2ccc(OC)cc2)c2cc3cnc4cc(N(c5ccc(OC)cc5)c5ccc(OC)cc5)cc5cnc(c2)c3c54)cc1. The van der Waals surface area contributed by atoms with Crippen molar-refractivity contribution >= 4 is 131 Å². The van der Waals surface area contributed by atoms with Crippen LogP contribution in [0.2, 0.25) is 0 Å². The van der Waals surface area contributed by atoms with Gasteiger partial charge in [-0.1, -0.05) is 56.1 Å². The highest BCUT2D eigenvalue weighted by atomic mass is 79.9. The van der Waals surface area contributed by atoms with Crippen molar-refractivity contribution in [1.82, 2.24) is 19.9 Å². The fraction of sp³-hybridized carbons (Fsp3) is 0.0986. The van der Waals surface area contributed by atoms with Crippen LogP contribution >= 0.6 is 31.9 Å². The second-order valence-corrected chi connectivity index (χ2v) is 21.8. The van der Waals surface area contributed by atoms with E-state index in [1.165, 1.54) is 21.9 Å². The number of ether oxygens (including phenoxy) is 6. The summed E-state index contributed by atoms with van der Waals surface area (Å²) in [4.78, 5) is 23.6. The van der Waals surface area contributed by atoms with Crippen molar-refractivity contribution < 1.29 is 28.4 Å². The van der Waals surface area contributed by atoms with E-state index in [-0.39, 0.29) is 0 Å². The molecule has 0 bridgehead atoms. The van der Waals surface area contributed by atoms with E-state index in [0.29, 0.717) is 0 Å². The van der Waals surface area contributed by atoms with Gasteiger partial charge >= 0.3 is 0 Å². The van der Waals surface area contributed by atoms with E-state index in [2.05, 4.69) is 161 Å². The van der Waals surface area contributed by atoms with Crippen LogP contribution in [0.1, 0.15) is 11.1 Å². The Hall–Kier alpha value is -9.76. The molecule has 0 saturated carbocycles. The molecular weight excluding hydrogens is 1190 g/mol. The predicted octanol–water partition coefficient (Wildman–Crippen LogP) is 18.5. The largest absolute Gasteiger partial charge is 0.497 e. The first-order valence-electron chi connectivity index (χ1n) is 27.2. The second-order valence-electron chi connectivity index (χ2n) is 20.0. The van der Waals surface area contributed by atoms with E-state index >= 15 is 0 Å². The molecule has 0 N–H and O–H groups in total. The Morgan fingerprint density at radius 3 is 0.776 bits per heavy atom. The van der Waals surface area contributed by atoms with Gasteiger partial charge < -0.3 is 38.2 Å². The van der Waals surface area contributed by atoms with Gasteiger partial charge in [-0.3, -0.25) is 19.9 Å². The van der Waals surface area contributed by atoms with Crippen LogP contribution in [-0.2, 0) is 6.42 Å². The molecular formula is C71H56Br2N6O6. The molecule has 14 rings (SSSR count). The molecule has 10 aromatic carbocycles. The Labute approximate surface area is 508 Å². The van der Waals surface area contributed by atoms with Crippen LogP contribution in [0.25, 0.3) is 65.2 Å². The van der Waals surface area contributed by atoms with Crippen molar-refractivity contribution in [3.8, 4) is 34.5 Å². The zero-order chi connectivity index (χ0) is 58.6. The molecule has 0 aliphatic rings. The molecule has 0 aliphatic carbocycles. The molecule has 4 heterocycles. The van der Waals surface area contributed by atoms with Crippen molar-refractivity contribution in [1.29, 1.82) is 0 Å². The van der Waals surface area contributed by atoms with E-state index in [1.807, 2.05) is 110 Å². The number of methoxy groups -OCH3 is 6. The fourth-order valence-electron chi connectivity index (χ4n) is 10.8. The molecule has 0 unspecified atom stereocenters. The van der Waals surface area contributed by atoms with Crippen molar-refractivity contribution in [2.45, 2.75) is 6.42 Å². The van der Waals surface area contributed by atoms with Gasteiger partial charge in [0, 0.05) is 111 Å². The zero-order valence-electron chi connectivity index (χ0n) is 47.4. The number of hydrogen-bond acceptors (Lipinski definition) is 12. The zero-order valence-corrected chi connectivity index (χ0v) is 50.6. The lowest BCUT2D eigenvalue weighted by Gasteiger charge is -2.27. The van der Waals surface area contributed by atoms with Crippen LogP contribution in [0.3, 0.4) is 0 Å². The van der Waals surface area contributed by atoms with Gasteiger partial charge in [-0.2, -0.15) is 0 Å². The Kier molecular flexibility index (Phi) is 16.1. The Bertz CT molecular complexity index is 4070. The van der Waals surface area contributed by atoms with Crippen LogP contribution in [0.4, 0.5) is 34.1 Å². The minimum absolute atomic E-state index is 0.793. The summed E-state index contributed by atoms with van der Waals surface area (Å²) in [6.45, 7) is 0. The molecule has 0 spiro atoms. The highest BCUT2D eigenvalue weighted by molar-refractivity contribution is 9.10. The Balaban J connectivity index is 0.000000163. The van der Waals surface area contributed by atoms with E-state index < -0.39 is 0 Å². The molecule has 0 radical (unpaired) electrons. The monoisotopic (exact) mass is 1250 g/mol. The molecule has 14 heteroatoms. The molecule has 420 valence electrons. The highest BCUT2D eigenvalue weighted by Crippen LogP contribution is 2.44. The number of benzene rings is 10. The first-order valence-corrected chi connectivity index (χ1v) is 28.8. The van der Waals surface area contributed by atoms with E-state index in [1.54, 1.807) is 42.7 Å². The average molecular weight is 1250 g/mol. The summed E-state index contributed by atoms with van der Waals surface area (Å²) >= 11 is 7.02. The van der Waals surface area contributed by atoms with E-state index in [0.717, 1.165) is 138 Å². The average Bonchev–Trinajstić information content (AvgIpc) is 1.87. The first kappa shape index (κ1) is 55.8. The molecule has 12 nitrogen and oxygen atoms in total. The predicted molar refractivity (Wildman–Crippen MR) is 351 cm³/mol. The van der Waals surface area contributed by atoms with Gasteiger partial charge in [0.05, 0.1) is 64.7 Å². The van der Waals surface area contributed by atoms with Crippen molar-refractivity contribution in [3.05, 3.63) is 239 Å². The summed E-state index contributed by atoms with van der Waals surface area (Å²) in [5.41, 5.74) is 12.2. The number of rotatable bonds is 14. The number of anilines is 6. The summed E-state index contributed by atoms with van der Waals surface area (Å²) in [7, 11) is 10.1. The van der Waals surface area contributed by atoms with Crippen molar-refractivity contribution in [3.63, 3.8) is 0 Å². The number of nitrogens with zero attached hydrogens (tertiary/aromatic N) is 6. The van der Waals surface area contributed by atoms with Crippen molar-refractivity contribution in [2.24, 2.45) is 0 Å². The van der Waals surface area contributed by atoms with Crippen LogP contribution in [0, 0.1) is 0 Å². The summed E-state index contributed by atoms with van der Waals surface area (Å²) in [5.74, 6) is 4.96. The van der Waals surface area contributed by atoms with Crippen LogP contribution in [-0.4, -0.2) is 62.6 Å². The lowest BCUT2D eigenvalue weighted by Crippen LogP contribution is -2.11. The minimum atomic E-state index is 0.793. The van der Waals surface area contributed by atoms with Crippen LogP contribution in [0.15, 0.2) is 228 Å². The van der Waals surface area contributed by atoms with Gasteiger partial charge in [0.2, 0.25) is 0 Å². The third kappa shape index (κ3) is 11.7. The molecule has 4 aromatic heterocycles. The smallest absolute Gasteiger partial charge is 0.119 e. The number of halogens is 2. The topological polar surface area (TPSA) is 113 Å². The van der Waals surface area contributed by atoms with Gasteiger partial charge in [0.1, 0.15) is 34.5 Å². The first-order chi connectivity index (χ1) is 41.6. The number of pyridine rings is 4. The van der Waals surface area contributed by atoms with Crippen LogP contribution < -0.4 is 38.2 Å². The molecule has 0 amide bonds. The summed E-state index contributed by atoms with van der Waals surface area (Å²) in [6, 6.07) is 65.4. The Morgan fingerprint density at radius 1 is 0.282 bits per heavy atom. The lowest BCUT2D eigenvalue weighted by atomic mass is 9.99. The maximum Gasteiger partial charge on any atom is 0.119 e. The van der Waals surface area contributed by atoms with Gasteiger partial charge in [-0.15, -0.1) is 0 Å². The highest BCUT2D eigenvalue weighted by Gasteiger charge is 2.21. The van der Waals surface area contributed by atoms with Gasteiger partial charge in [0.25, 0.3) is 0 Å². The van der Waals surface area contributed by atoms with Crippen LogP contribution in [0.5, 0.6) is 34.5 Å². The lowest BCUT2D eigenvalue weighted by molar-refractivity contribution is 0.414. The summed E-state index contributed by atoms with van der Waals surface area (Å²) in [6.07, 6.45) is 8.63. The van der Waals surface area contributed by atoms with Gasteiger partial charge in [-0.25, -0.2) is 0 Å². The third-order valence-electron chi connectivity index (χ3n) is 14.9. The van der Waals surface area contributed by atoms with E-state index in [4.69, 9.17) is 38.4 Å². The normalized spacial score (nSPS) is 11.1. The molecule has 0 saturated heterocycles. The quantitative estimate of drug-likeness (QED) is 0.0966. The molecule has 0 fully saturated rings. The van der Waals surface area contributed by atoms with Gasteiger partial charge in [0.15, 0.2) is 0 Å².